The number of benzene rings is 1. The van der Waals surface area contributed by atoms with Crippen molar-refractivity contribution < 1.29 is 9.21 Å². The van der Waals surface area contributed by atoms with Crippen molar-refractivity contribution in [2.45, 2.75) is 46.1 Å². The third-order valence-electron chi connectivity index (χ3n) is 4.86. The highest BCUT2D eigenvalue weighted by Crippen LogP contribution is 2.31. The Labute approximate surface area is 162 Å². The van der Waals surface area contributed by atoms with Gasteiger partial charge in [0.05, 0.1) is 10.6 Å². The molecule has 3 aromatic rings. The van der Waals surface area contributed by atoms with Crippen LogP contribution in [0.1, 0.15) is 47.0 Å². The van der Waals surface area contributed by atoms with E-state index < -0.39 is 0 Å². The summed E-state index contributed by atoms with van der Waals surface area (Å²) in [5.74, 6) is 2.85. The largest absolute Gasteiger partial charge is 0.466 e. The molecule has 0 saturated carbocycles. The Hall–Kier alpha value is -2.60. The molecular formula is C20H21ClN4O2. The molecule has 27 heavy (non-hydrogen) atoms. The van der Waals surface area contributed by atoms with Gasteiger partial charge in [0.1, 0.15) is 17.3 Å². The second-order valence-electron chi connectivity index (χ2n) is 6.88. The maximum Gasteiger partial charge on any atom is 0.259 e. The molecule has 0 fully saturated rings. The number of aromatic nitrogens is 3. The summed E-state index contributed by atoms with van der Waals surface area (Å²) in [4.78, 5) is 12.6. The van der Waals surface area contributed by atoms with E-state index in [0.717, 1.165) is 43.0 Å². The SMILES string of the molecule is Cc1cc(C(=O)Nc2ccc(Cl)c(-c3nnc4n3CCCCC4)c2)c(C)o1. The van der Waals surface area contributed by atoms with Crippen LogP contribution in [0, 0.1) is 13.8 Å². The van der Waals surface area contributed by atoms with E-state index in [-0.39, 0.29) is 5.91 Å². The summed E-state index contributed by atoms with van der Waals surface area (Å²) in [5, 5.41) is 12.2. The van der Waals surface area contributed by atoms with Gasteiger partial charge in [-0.3, -0.25) is 4.79 Å². The number of amides is 1. The van der Waals surface area contributed by atoms with Crippen molar-refractivity contribution in [1.82, 2.24) is 14.8 Å². The van der Waals surface area contributed by atoms with Crippen LogP contribution in [-0.2, 0) is 13.0 Å². The highest BCUT2D eigenvalue weighted by Gasteiger charge is 2.19. The van der Waals surface area contributed by atoms with E-state index in [0.29, 0.717) is 27.8 Å². The van der Waals surface area contributed by atoms with Gasteiger partial charge < -0.3 is 14.3 Å². The Balaban J connectivity index is 1.65. The maximum absolute atomic E-state index is 12.6. The number of halogens is 1. The number of carbonyl (C=O) groups excluding carboxylic acids is 1. The fourth-order valence-corrected chi connectivity index (χ4v) is 3.72. The molecule has 3 heterocycles. The van der Waals surface area contributed by atoms with E-state index >= 15 is 0 Å². The number of hydrogen-bond donors (Lipinski definition) is 1. The van der Waals surface area contributed by atoms with E-state index in [1.54, 1.807) is 25.1 Å². The third-order valence-corrected chi connectivity index (χ3v) is 5.19. The first-order chi connectivity index (χ1) is 13.0. The van der Waals surface area contributed by atoms with Gasteiger partial charge in [-0.2, -0.15) is 0 Å². The smallest absolute Gasteiger partial charge is 0.259 e. The molecule has 0 atom stereocenters. The Morgan fingerprint density at radius 2 is 2.04 bits per heavy atom. The lowest BCUT2D eigenvalue weighted by molar-refractivity contribution is 0.102. The van der Waals surface area contributed by atoms with Crippen LogP contribution in [-0.4, -0.2) is 20.7 Å². The molecule has 2 aromatic heterocycles. The molecule has 1 aliphatic heterocycles. The fraction of sp³-hybridized carbons (Fsp3) is 0.350. The van der Waals surface area contributed by atoms with Crippen molar-refractivity contribution in [3.05, 3.63) is 52.2 Å². The van der Waals surface area contributed by atoms with Gasteiger partial charge in [-0.1, -0.05) is 18.0 Å². The number of rotatable bonds is 3. The summed E-state index contributed by atoms with van der Waals surface area (Å²) in [6.07, 6.45) is 4.35. The van der Waals surface area contributed by atoms with Gasteiger partial charge >= 0.3 is 0 Å². The summed E-state index contributed by atoms with van der Waals surface area (Å²) in [6, 6.07) is 7.15. The standard InChI is InChI=1S/C20H21ClN4O2/c1-12-10-15(13(2)27-12)20(26)22-14-7-8-17(21)16(11-14)19-24-23-18-6-4-3-5-9-25(18)19/h7-8,10-11H,3-6,9H2,1-2H3,(H,22,26). The number of nitrogens with one attached hydrogen (secondary N) is 1. The molecule has 1 aromatic carbocycles. The zero-order valence-electron chi connectivity index (χ0n) is 15.4. The van der Waals surface area contributed by atoms with Crippen molar-refractivity contribution in [2.24, 2.45) is 0 Å². The third kappa shape index (κ3) is 3.49. The van der Waals surface area contributed by atoms with E-state index in [2.05, 4.69) is 20.1 Å². The molecular weight excluding hydrogens is 364 g/mol. The Morgan fingerprint density at radius 3 is 2.81 bits per heavy atom. The number of aryl methyl sites for hydroxylation is 3. The normalized spacial score (nSPS) is 13.9. The lowest BCUT2D eigenvalue weighted by atomic mass is 10.1. The number of nitrogens with zero attached hydrogens (tertiary/aromatic N) is 3. The molecule has 140 valence electrons. The minimum absolute atomic E-state index is 0.210. The van der Waals surface area contributed by atoms with Crippen LogP contribution in [0.4, 0.5) is 5.69 Å². The summed E-state index contributed by atoms with van der Waals surface area (Å²) >= 11 is 6.44. The molecule has 4 rings (SSSR count). The molecule has 1 amide bonds. The average molecular weight is 385 g/mol. The molecule has 0 aliphatic carbocycles. The second-order valence-corrected chi connectivity index (χ2v) is 7.28. The van der Waals surface area contributed by atoms with E-state index in [9.17, 15) is 4.79 Å². The second kappa shape index (κ2) is 7.19. The van der Waals surface area contributed by atoms with Crippen LogP contribution < -0.4 is 5.32 Å². The van der Waals surface area contributed by atoms with Crippen molar-refractivity contribution in [3.8, 4) is 11.4 Å². The van der Waals surface area contributed by atoms with Crippen LogP contribution >= 0.6 is 11.6 Å². The van der Waals surface area contributed by atoms with Crippen molar-refractivity contribution in [2.75, 3.05) is 5.32 Å². The van der Waals surface area contributed by atoms with Gasteiger partial charge in [-0.15, -0.1) is 10.2 Å². The van der Waals surface area contributed by atoms with Gasteiger partial charge in [-0.25, -0.2) is 0 Å². The number of hydrogen-bond acceptors (Lipinski definition) is 4. The number of anilines is 1. The molecule has 7 heteroatoms. The molecule has 0 radical (unpaired) electrons. The minimum Gasteiger partial charge on any atom is -0.466 e. The van der Waals surface area contributed by atoms with E-state index in [1.165, 1.54) is 6.42 Å². The highest BCUT2D eigenvalue weighted by atomic mass is 35.5. The zero-order chi connectivity index (χ0) is 19.0. The van der Waals surface area contributed by atoms with Crippen LogP contribution in [0.25, 0.3) is 11.4 Å². The lowest BCUT2D eigenvalue weighted by Crippen LogP contribution is -2.12. The molecule has 0 unspecified atom stereocenters. The van der Waals surface area contributed by atoms with Crippen LogP contribution in [0.2, 0.25) is 5.02 Å². The first-order valence-corrected chi connectivity index (χ1v) is 9.51. The van der Waals surface area contributed by atoms with Crippen molar-refractivity contribution >= 4 is 23.2 Å². The summed E-state index contributed by atoms with van der Waals surface area (Å²) < 4.78 is 7.59. The van der Waals surface area contributed by atoms with E-state index in [1.807, 2.05) is 13.0 Å². The molecule has 6 nitrogen and oxygen atoms in total. The lowest BCUT2D eigenvalue weighted by Gasteiger charge is -2.11. The maximum atomic E-state index is 12.6. The number of fused-ring (bicyclic) bond motifs is 1. The molecule has 1 N–H and O–H groups in total. The van der Waals surface area contributed by atoms with Gasteiger partial charge in [-0.05, 0) is 51.0 Å². The fourth-order valence-electron chi connectivity index (χ4n) is 3.51. The number of furan rings is 1. The summed E-state index contributed by atoms with van der Waals surface area (Å²) in [5.41, 5.74) is 1.96. The van der Waals surface area contributed by atoms with Crippen LogP contribution in [0.3, 0.4) is 0 Å². The first-order valence-electron chi connectivity index (χ1n) is 9.13. The first kappa shape index (κ1) is 17.8. The number of carbonyl (C=O) groups is 1. The van der Waals surface area contributed by atoms with Crippen LogP contribution in [0.15, 0.2) is 28.7 Å². The molecule has 0 bridgehead atoms. The van der Waals surface area contributed by atoms with Gasteiger partial charge in [0.2, 0.25) is 0 Å². The molecule has 1 aliphatic rings. The Morgan fingerprint density at radius 1 is 1.19 bits per heavy atom. The average Bonchev–Trinajstić information content (AvgIpc) is 3.10. The van der Waals surface area contributed by atoms with Crippen molar-refractivity contribution in [3.63, 3.8) is 0 Å². The summed E-state index contributed by atoms with van der Waals surface area (Å²) in [7, 11) is 0. The quantitative estimate of drug-likeness (QED) is 0.704. The van der Waals surface area contributed by atoms with E-state index in [4.69, 9.17) is 16.0 Å². The Bertz CT molecular complexity index is 1010. The predicted molar refractivity (Wildman–Crippen MR) is 104 cm³/mol. The summed E-state index contributed by atoms with van der Waals surface area (Å²) in [6.45, 7) is 4.49. The highest BCUT2D eigenvalue weighted by molar-refractivity contribution is 6.33. The molecule has 0 saturated heterocycles. The van der Waals surface area contributed by atoms with Crippen LogP contribution in [0.5, 0.6) is 0 Å². The predicted octanol–water partition coefficient (Wildman–Crippen LogP) is 4.79. The van der Waals surface area contributed by atoms with Gasteiger partial charge in [0.25, 0.3) is 5.91 Å². The molecule has 0 spiro atoms. The minimum atomic E-state index is -0.210. The van der Waals surface area contributed by atoms with Gasteiger partial charge in [0, 0.05) is 24.2 Å². The Kier molecular flexibility index (Phi) is 4.74. The monoisotopic (exact) mass is 384 g/mol. The zero-order valence-corrected chi connectivity index (χ0v) is 16.1. The topological polar surface area (TPSA) is 73.0 Å². The van der Waals surface area contributed by atoms with Crippen molar-refractivity contribution in [1.29, 1.82) is 0 Å². The van der Waals surface area contributed by atoms with Gasteiger partial charge in [0.15, 0.2) is 5.82 Å².